The fourth-order valence-corrected chi connectivity index (χ4v) is 4.09. The standard InChI is InChI=1S/C16H25N3O3S2/c1-23-10-9-15(16(20)18-11-14(17)12-7-8-12)19-24(21,22)13-5-3-2-4-6-13/h2-6,12,14-15,19H,7-11,17H2,1H3,(H,18,20). The van der Waals surface area contributed by atoms with Crippen molar-refractivity contribution in [3.05, 3.63) is 30.3 Å². The van der Waals surface area contributed by atoms with Gasteiger partial charge in [-0.1, -0.05) is 18.2 Å². The molecule has 8 heteroatoms. The normalized spacial score (nSPS) is 17.2. The number of nitrogens with two attached hydrogens (primary N) is 1. The van der Waals surface area contributed by atoms with Crippen LogP contribution in [0.5, 0.6) is 0 Å². The minimum atomic E-state index is -3.73. The number of amides is 1. The maximum atomic E-state index is 12.4. The molecule has 6 nitrogen and oxygen atoms in total. The summed E-state index contributed by atoms with van der Waals surface area (Å²) >= 11 is 1.57. The maximum Gasteiger partial charge on any atom is 0.241 e. The van der Waals surface area contributed by atoms with Gasteiger partial charge < -0.3 is 11.1 Å². The van der Waals surface area contributed by atoms with Gasteiger partial charge in [-0.15, -0.1) is 0 Å². The molecule has 0 saturated heterocycles. The van der Waals surface area contributed by atoms with Crippen molar-refractivity contribution in [1.29, 1.82) is 0 Å². The minimum Gasteiger partial charge on any atom is -0.353 e. The van der Waals surface area contributed by atoms with E-state index in [1.54, 1.807) is 30.0 Å². The number of carbonyl (C=O) groups is 1. The van der Waals surface area contributed by atoms with Crippen LogP contribution in [0, 0.1) is 5.92 Å². The maximum absolute atomic E-state index is 12.4. The second-order valence-electron chi connectivity index (χ2n) is 6.01. The molecule has 24 heavy (non-hydrogen) atoms. The second kappa shape index (κ2) is 8.84. The molecule has 2 unspecified atom stereocenters. The number of thioether (sulfide) groups is 1. The van der Waals surface area contributed by atoms with E-state index in [0.29, 0.717) is 24.6 Å². The monoisotopic (exact) mass is 371 g/mol. The summed E-state index contributed by atoms with van der Waals surface area (Å²) in [6, 6.07) is 7.22. The Balaban J connectivity index is 1.99. The highest BCUT2D eigenvalue weighted by atomic mass is 32.2. The lowest BCUT2D eigenvalue weighted by molar-refractivity contribution is -0.122. The molecule has 0 spiro atoms. The molecule has 4 N–H and O–H groups in total. The molecule has 0 heterocycles. The van der Waals surface area contributed by atoms with Gasteiger partial charge in [0.1, 0.15) is 6.04 Å². The third kappa shape index (κ3) is 5.77. The van der Waals surface area contributed by atoms with Crippen LogP contribution in [0.1, 0.15) is 19.3 Å². The van der Waals surface area contributed by atoms with Crippen LogP contribution < -0.4 is 15.8 Å². The average molecular weight is 372 g/mol. The fraction of sp³-hybridized carbons (Fsp3) is 0.562. The van der Waals surface area contributed by atoms with Crippen LogP contribution in [0.2, 0.25) is 0 Å². The number of carbonyl (C=O) groups excluding carboxylic acids is 1. The summed E-state index contributed by atoms with van der Waals surface area (Å²) in [5.41, 5.74) is 5.99. The molecular formula is C16H25N3O3S2. The first kappa shape index (κ1) is 19.2. The van der Waals surface area contributed by atoms with Crippen LogP contribution in [-0.2, 0) is 14.8 Å². The molecule has 134 valence electrons. The Labute approximate surface area is 148 Å². The Kier molecular flexibility index (Phi) is 7.09. The zero-order valence-corrected chi connectivity index (χ0v) is 15.4. The summed E-state index contributed by atoms with van der Waals surface area (Å²) in [4.78, 5) is 12.6. The SMILES string of the molecule is CSCCC(NS(=O)(=O)c1ccccc1)C(=O)NCC(N)C1CC1. The first-order chi connectivity index (χ1) is 11.4. The average Bonchev–Trinajstić information content (AvgIpc) is 3.42. The Hall–Kier alpha value is -1.09. The van der Waals surface area contributed by atoms with E-state index in [2.05, 4.69) is 10.0 Å². The quantitative estimate of drug-likeness (QED) is 0.568. The molecule has 0 aromatic heterocycles. The van der Waals surface area contributed by atoms with Gasteiger partial charge in [0.15, 0.2) is 0 Å². The molecule has 1 aromatic carbocycles. The lowest BCUT2D eigenvalue weighted by Crippen LogP contribution is -2.49. The molecule has 2 atom stereocenters. The van der Waals surface area contributed by atoms with Gasteiger partial charge in [0.25, 0.3) is 0 Å². The third-order valence-corrected chi connectivity index (χ3v) is 6.15. The van der Waals surface area contributed by atoms with Gasteiger partial charge in [-0.25, -0.2) is 8.42 Å². The molecule has 1 amide bonds. The molecule has 1 fully saturated rings. The summed E-state index contributed by atoms with van der Waals surface area (Å²) in [5.74, 6) is 0.847. The molecule has 0 radical (unpaired) electrons. The van der Waals surface area contributed by atoms with Crippen LogP contribution in [0.25, 0.3) is 0 Å². The first-order valence-electron chi connectivity index (χ1n) is 8.03. The summed E-state index contributed by atoms with van der Waals surface area (Å²) < 4.78 is 27.4. The Morgan fingerprint density at radius 2 is 2.00 bits per heavy atom. The zero-order valence-electron chi connectivity index (χ0n) is 13.8. The molecule has 0 bridgehead atoms. The van der Waals surface area contributed by atoms with Gasteiger partial charge in [0.05, 0.1) is 4.90 Å². The Bertz CT molecular complexity index is 633. The van der Waals surface area contributed by atoms with Crippen molar-refractivity contribution in [2.45, 2.75) is 36.2 Å². The van der Waals surface area contributed by atoms with Crippen LogP contribution in [0.3, 0.4) is 0 Å². The fourth-order valence-electron chi connectivity index (χ4n) is 2.37. The van der Waals surface area contributed by atoms with Crippen molar-refractivity contribution in [1.82, 2.24) is 10.0 Å². The van der Waals surface area contributed by atoms with Crippen LogP contribution in [0.4, 0.5) is 0 Å². The highest BCUT2D eigenvalue weighted by molar-refractivity contribution is 7.98. The summed E-state index contributed by atoms with van der Waals surface area (Å²) in [6.07, 6.45) is 4.56. The summed E-state index contributed by atoms with van der Waals surface area (Å²) in [7, 11) is -3.73. The van der Waals surface area contributed by atoms with Gasteiger partial charge >= 0.3 is 0 Å². The molecule has 0 aliphatic heterocycles. The van der Waals surface area contributed by atoms with Crippen molar-refractivity contribution in [3.63, 3.8) is 0 Å². The van der Waals surface area contributed by atoms with Crippen LogP contribution >= 0.6 is 11.8 Å². The van der Waals surface area contributed by atoms with Crippen molar-refractivity contribution in [2.75, 3.05) is 18.6 Å². The lowest BCUT2D eigenvalue weighted by atomic mass is 10.2. The number of rotatable bonds is 10. The second-order valence-corrected chi connectivity index (χ2v) is 8.71. The molecule has 1 saturated carbocycles. The molecule has 1 aliphatic carbocycles. The first-order valence-corrected chi connectivity index (χ1v) is 10.9. The van der Waals surface area contributed by atoms with Crippen molar-refractivity contribution in [2.24, 2.45) is 11.7 Å². The van der Waals surface area contributed by atoms with Crippen molar-refractivity contribution < 1.29 is 13.2 Å². The molecule has 2 rings (SSSR count). The summed E-state index contributed by atoms with van der Waals surface area (Å²) in [5, 5.41) is 2.79. The van der Waals surface area contributed by atoms with E-state index in [-0.39, 0.29) is 16.8 Å². The smallest absolute Gasteiger partial charge is 0.241 e. The Morgan fingerprint density at radius 3 is 2.58 bits per heavy atom. The van der Waals surface area contributed by atoms with E-state index >= 15 is 0 Å². The molecule has 1 aromatic rings. The summed E-state index contributed by atoms with van der Waals surface area (Å²) in [6.45, 7) is 0.381. The molecule has 1 aliphatic rings. The van der Waals surface area contributed by atoms with Gasteiger partial charge in [-0.2, -0.15) is 16.5 Å². The zero-order chi connectivity index (χ0) is 17.6. The van der Waals surface area contributed by atoms with Crippen LogP contribution in [-0.4, -0.2) is 45.0 Å². The predicted octanol–water partition coefficient (Wildman–Crippen LogP) is 0.940. The number of nitrogens with one attached hydrogen (secondary N) is 2. The van der Waals surface area contributed by atoms with Gasteiger partial charge in [-0.05, 0) is 49.3 Å². The predicted molar refractivity (Wildman–Crippen MR) is 97.3 cm³/mol. The van der Waals surface area contributed by atoms with E-state index in [0.717, 1.165) is 12.8 Å². The minimum absolute atomic E-state index is 0.0547. The van der Waals surface area contributed by atoms with Crippen molar-refractivity contribution in [3.8, 4) is 0 Å². The van der Waals surface area contributed by atoms with E-state index in [9.17, 15) is 13.2 Å². The van der Waals surface area contributed by atoms with E-state index in [1.165, 1.54) is 12.1 Å². The number of benzene rings is 1. The number of hydrogen-bond donors (Lipinski definition) is 3. The van der Waals surface area contributed by atoms with E-state index < -0.39 is 16.1 Å². The van der Waals surface area contributed by atoms with E-state index in [1.807, 2.05) is 6.26 Å². The lowest BCUT2D eigenvalue weighted by Gasteiger charge is -2.19. The topological polar surface area (TPSA) is 101 Å². The highest BCUT2D eigenvalue weighted by Crippen LogP contribution is 2.31. The van der Waals surface area contributed by atoms with Crippen LogP contribution in [0.15, 0.2) is 35.2 Å². The van der Waals surface area contributed by atoms with E-state index in [4.69, 9.17) is 5.73 Å². The number of sulfonamides is 1. The number of hydrogen-bond acceptors (Lipinski definition) is 5. The van der Waals surface area contributed by atoms with Gasteiger partial charge in [-0.3, -0.25) is 4.79 Å². The largest absolute Gasteiger partial charge is 0.353 e. The molecular weight excluding hydrogens is 346 g/mol. The third-order valence-electron chi connectivity index (χ3n) is 4.02. The highest BCUT2D eigenvalue weighted by Gasteiger charge is 2.30. The Morgan fingerprint density at radius 1 is 1.33 bits per heavy atom. The van der Waals surface area contributed by atoms with Gasteiger partial charge in [0.2, 0.25) is 15.9 Å². The van der Waals surface area contributed by atoms with Crippen molar-refractivity contribution >= 4 is 27.7 Å². The van der Waals surface area contributed by atoms with Gasteiger partial charge in [0, 0.05) is 12.6 Å².